The van der Waals surface area contributed by atoms with Gasteiger partial charge in [0.1, 0.15) is 11.3 Å². The van der Waals surface area contributed by atoms with Gasteiger partial charge in [0.15, 0.2) is 12.2 Å². The maximum absolute atomic E-state index is 13.0. The van der Waals surface area contributed by atoms with E-state index in [1.54, 1.807) is 36.4 Å². The van der Waals surface area contributed by atoms with Crippen LogP contribution in [-0.2, 0) is 11.3 Å². The second-order valence-electron chi connectivity index (χ2n) is 7.28. The minimum atomic E-state index is -0.653. The van der Waals surface area contributed by atoms with Gasteiger partial charge in [-0.05, 0) is 61.5 Å². The van der Waals surface area contributed by atoms with Crippen molar-refractivity contribution < 1.29 is 28.3 Å². The Hall–Kier alpha value is -4.46. The smallest absolute Gasteiger partial charge is 0.338 e. The molecule has 0 unspecified atom stereocenters. The molecule has 8 nitrogen and oxygen atoms in total. The normalized spacial score (nSPS) is 12.8. The minimum Gasteiger partial charge on any atom is -0.494 e. The van der Waals surface area contributed by atoms with Gasteiger partial charge in [-0.3, -0.25) is 9.59 Å². The highest BCUT2D eigenvalue weighted by atomic mass is 16.5. The zero-order valence-corrected chi connectivity index (χ0v) is 17.6. The average molecular weight is 442 g/mol. The number of para-hydroxylation sites is 2. The summed E-state index contributed by atoms with van der Waals surface area (Å²) in [5.74, 6) is -0.710. The fraction of sp³-hybridized carbons (Fsp3) is 0.120. The molecule has 0 saturated carbocycles. The van der Waals surface area contributed by atoms with Crippen molar-refractivity contribution in [1.29, 1.82) is 0 Å². The molecule has 0 atom stereocenters. The highest BCUT2D eigenvalue weighted by Crippen LogP contribution is 2.30. The van der Waals surface area contributed by atoms with Crippen molar-refractivity contribution in [3.8, 4) is 5.75 Å². The van der Waals surface area contributed by atoms with Gasteiger partial charge in [0.05, 0.1) is 29.0 Å². The van der Waals surface area contributed by atoms with Crippen molar-refractivity contribution in [2.45, 2.75) is 13.5 Å². The van der Waals surface area contributed by atoms with Crippen LogP contribution in [-0.4, -0.2) is 29.4 Å². The quantitative estimate of drug-likeness (QED) is 0.323. The molecule has 1 aliphatic rings. The number of oxazole rings is 1. The van der Waals surface area contributed by atoms with Crippen LogP contribution in [0.25, 0.3) is 11.1 Å². The van der Waals surface area contributed by atoms with Gasteiger partial charge in [-0.25, -0.2) is 14.7 Å². The zero-order chi connectivity index (χ0) is 22.9. The number of ether oxygens (including phenoxy) is 2. The van der Waals surface area contributed by atoms with E-state index in [4.69, 9.17) is 13.9 Å². The summed E-state index contributed by atoms with van der Waals surface area (Å²) in [6, 6.07) is 18.2. The van der Waals surface area contributed by atoms with Gasteiger partial charge in [-0.1, -0.05) is 12.1 Å². The number of carbonyl (C=O) groups excluding carboxylic acids is 3. The van der Waals surface area contributed by atoms with E-state index in [1.165, 1.54) is 18.2 Å². The first-order chi connectivity index (χ1) is 16.0. The molecule has 1 aliphatic heterocycles. The van der Waals surface area contributed by atoms with Gasteiger partial charge < -0.3 is 13.9 Å². The Bertz CT molecular complexity index is 1360. The summed E-state index contributed by atoms with van der Waals surface area (Å²) in [5.41, 5.74) is 2.21. The number of amides is 2. The third-order valence-corrected chi connectivity index (χ3v) is 5.19. The van der Waals surface area contributed by atoms with Crippen molar-refractivity contribution >= 4 is 34.6 Å². The Morgan fingerprint density at radius 1 is 0.970 bits per heavy atom. The monoisotopic (exact) mass is 442 g/mol. The lowest BCUT2D eigenvalue weighted by atomic mass is 10.1. The topological polar surface area (TPSA) is 98.9 Å². The SMILES string of the molecule is CCOc1ccc(N2C(=O)c3ccc(C(=O)OCc4nc5ccccc5o4)cc3C2=O)cc1. The molecule has 2 heterocycles. The van der Waals surface area contributed by atoms with Crippen LogP contribution in [0, 0.1) is 0 Å². The van der Waals surface area contributed by atoms with Crippen LogP contribution in [0.3, 0.4) is 0 Å². The van der Waals surface area contributed by atoms with E-state index in [2.05, 4.69) is 4.98 Å². The number of nitrogens with zero attached hydrogens (tertiary/aromatic N) is 2. The van der Waals surface area contributed by atoms with Crippen molar-refractivity contribution in [3.63, 3.8) is 0 Å². The van der Waals surface area contributed by atoms with Crippen LogP contribution >= 0.6 is 0 Å². The highest BCUT2D eigenvalue weighted by Gasteiger charge is 2.37. The van der Waals surface area contributed by atoms with Crippen LogP contribution in [0.5, 0.6) is 5.75 Å². The number of hydrogen-bond donors (Lipinski definition) is 0. The number of imide groups is 1. The molecular formula is C25H18N2O6. The number of hydrogen-bond acceptors (Lipinski definition) is 7. The Morgan fingerprint density at radius 2 is 1.73 bits per heavy atom. The summed E-state index contributed by atoms with van der Waals surface area (Å²) in [7, 11) is 0. The number of esters is 1. The number of aromatic nitrogens is 1. The van der Waals surface area contributed by atoms with Crippen molar-refractivity contribution in [2.75, 3.05) is 11.5 Å². The van der Waals surface area contributed by atoms with Gasteiger partial charge in [0, 0.05) is 0 Å². The van der Waals surface area contributed by atoms with E-state index in [-0.39, 0.29) is 29.2 Å². The van der Waals surface area contributed by atoms with E-state index >= 15 is 0 Å². The lowest BCUT2D eigenvalue weighted by Gasteiger charge is -2.14. The molecule has 8 heteroatoms. The van der Waals surface area contributed by atoms with Crippen LogP contribution in [0.2, 0.25) is 0 Å². The molecule has 3 aromatic carbocycles. The predicted octanol–water partition coefficient (Wildman–Crippen LogP) is 4.38. The van der Waals surface area contributed by atoms with Gasteiger partial charge in [-0.2, -0.15) is 0 Å². The standard InChI is InChI=1S/C25H18N2O6/c1-2-31-17-10-8-16(9-11-17)27-23(28)18-12-7-15(13-19(18)24(27)29)25(30)32-14-22-26-20-5-3-4-6-21(20)33-22/h3-13H,2,14H2,1H3. The molecule has 164 valence electrons. The summed E-state index contributed by atoms with van der Waals surface area (Å²) < 4.78 is 16.2. The van der Waals surface area contributed by atoms with Crippen molar-refractivity contribution in [2.24, 2.45) is 0 Å². The van der Waals surface area contributed by atoms with Crippen LogP contribution in [0.1, 0.15) is 43.9 Å². The third-order valence-electron chi connectivity index (χ3n) is 5.19. The lowest BCUT2D eigenvalue weighted by Crippen LogP contribution is -2.29. The van der Waals surface area contributed by atoms with E-state index in [0.717, 1.165) is 4.90 Å². The third kappa shape index (κ3) is 3.71. The molecule has 2 amide bonds. The summed E-state index contributed by atoms with van der Waals surface area (Å²) in [4.78, 5) is 43.7. The molecule has 1 aromatic heterocycles. The number of carbonyl (C=O) groups is 3. The number of fused-ring (bicyclic) bond motifs is 2. The molecule has 5 rings (SSSR count). The number of anilines is 1. The molecule has 33 heavy (non-hydrogen) atoms. The summed E-state index contributed by atoms with van der Waals surface area (Å²) in [6.45, 7) is 2.22. The number of benzene rings is 3. The van der Waals surface area contributed by atoms with Gasteiger partial charge in [0.25, 0.3) is 11.8 Å². The lowest BCUT2D eigenvalue weighted by molar-refractivity contribution is 0.0440. The van der Waals surface area contributed by atoms with E-state index in [9.17, 15) is 14.4 Å². The zero-order valence-electron chi connectivity index (χ0n) is 17.6. The molecule has 4 aromatic rings. The number of rotatable bonds is 6. The van der Waals surface area contributed by atoms with E-state index in [1.807, 2.05) is 19.1 Å². The first-order valence-corrected chi connectivity index (χ1v) is 10.3. The predicted molar refractivity (Wildman–Crippen MR) is 118 cm³/mol. The maximum Gasteiger partial charge on any atom is 0.338 e. The molecule has 0 spiro atoms. The largest absolute Gasteiger partial charge is 0.494 e. The van der Waals surface area contributed by atoms with Gasteiger partial charge in [0.2, 0.25) is 5.89 Å². The Morgan fingerprint density at radius 3 is 2.48 bits per heavy atom. The van der Waals surface area contributed by atoms with Gasteiger partial charge >= 0.3 is 5.97 Å². The average Bonchev–Trinajstić information content (AvgIpc) is 3.36. The molecule has 0 N–H and O–H groups in total. The van der Waals surface area contributed by atoms with Crippen LogP contribution < -0.4 is 9.64 Å². The minimum absolute atomic E-state index is 0.144. The Kier molecular flexibility index (Phi) is 5.10. The summed E-state index contributed by atoms with van der Waals surface area (Å²) in [5, 5.41) is 0. The first-order valence-electron chi connectivity index (χ1n) is 10.3. The summed E-state index contributed by atoms with van der Waals surface area (Å²) >= 11 is 0. The second-order valence-corrected chi connectivity index (χ2v) is 7.28. The molecular weight excluding hydrogens is 424 g/mol. The fourth-order valence-corrected chi connectivity index (χ4v) is 3.65. The Balaban J connectivity index is 1.33. The Labute approximate surface area is 188 Å². The molecule has 0 saturated heterocycles. The fourth-order valence-electron chi connectivity index (χ4n) is 3.65. The second kappa shape index (κ2) is 8.23. The molecule has 0 fully saturated rings. The molecule has 0 radical (unpaired) electrons. The molecule has 0 aliphatic carbocycles. The van der Waals surface area contributed by atoms with Crippen molar-refractivity contribution in [1.82, 2.24) is 4.98 Å². The van der Waals surface area contributed by atoms with Gasteiger partial charge in [-0.15, -0.1) is 0 Å². The molecule has 0 bridgehead atoms. The highest BCUT2D eigenvalue weighted by molar-refractivity contribution is 6.34. The van der Waals surface area contributed by atoms with Crippen molar-refractivity contribution in [3.05, 3.63) is 89.3 Å². The maximum atomic E-state index is 13.0. The van der Waals surface area contributed by atoms with E-state index in [0.29, 0.717) is 29.1 Å². The van der Waals surface area contributed by atoms with Crippen LogP contribution in [0.4, 0.5) is 5.69 Å². The summed E-state index contributed by atoms with van der Waals surface area (Å²) in [6.07, 6.45) is 0. The first kappa shape index (κ1) is 20.4. The van der Waals surface area contributed by atoms with Crippen LogP contribution in [0.15, 0.2) is 71.1 Å². The van der Waals surface area contributed by atoms with E-state index < -0.39 is 17.8 Å².